The molecular weight excluding hydrogens is 698 g/mol. The maximum atomic E-state index is 10.8. The second kappa shape index (κ2) is 17.4. The van der Waals surface area contributed by atoms with Gasteiger partial charge in [-0.2, -0.15) is 0 Å². The van der Waals surface area contributed by atoms with Gasteiger partial charge in [0.1, 0.15) is 23.0 Å². The van der Waals surface area contributed by atoms with Crippen molar-refractivity contribution in [2.24, 2.45) is 9.98 Å². The predicted octanol–water partition coefficient (Wildman–Crippen LogP) is 10.4. The van der Waals surface area contributed by atoms with Crippen molar-refractivity contribution in [2.45, 2.75) is 90.1 Å². The van der Waals surface area contributed by atoms with Gasteiger partial charge in [-0.15, -0.1) is 5.75 Å². The van der Waals surface area contributed by atoms with E-state index in [2.05, 4.69) is 0 Å². The van der Waals surface area contributed by atoms with E-state index in [0.717, 1.165) is 42.6 Å². The summed E-state index contributed by atoms with van der Waals surface area (Å²) in [4.78, 5) is 9.65. The topological polar surface area (TPSA) is 97.5 Å². The summed E-state index contributed by atoms with van der Waals surface area (Å²) in [6, 6.07) is 22.8. The molecule has 1 radical (unpaired) electrons. The van der Waals surface area contributed by atoms with Crippen LogP contribution >= 0.6 is 23.2 Å². The van der Waals surface area contributed by atoms with Crippen LogP contribution in [-0.2, 0) is 27.9 Å². The number of para-hydroxylation sites is 1. The number of rotatable bonds is 6. The number of ether oxygens (including phenoxy) is 1. The minimum Gasteiger partial charge on any atom is -0.872 e. The van der Waals surface area contributed by atoms with E-state index >= 15 is 0 Å². The van der Waals surface area contributed by atoms with Crippen molar-refractivity contribution in [2.75, 3.05) is 0 Å². The summed E-state index contributed by atoms with van der Waals surface area (Å²) in [6.45, 7) is 12.3. The average molecular weight is 744 g/mol. The summed E-state index contributed by atoms with van der Waals surface area (Å²) in [7, 11) is 0. The molecule has 4 aromatic rings. The van der Waals surface area contributed by atoms with Crippen LogP contribution in [0.2, 0.25) is 10.0 Å². The zero-order valence-corrected chi connectivity index (χ0v) is 31.6. The van der Waals surface area contributed by atoms with Crippen molar-refractivity contribution >= 4 is 35.6 Å². The van der Waals surface area contributed by atoms with Gasteiger partial charge in [0.2, 0.25) is 0 Å². The third-order valence-electron chi connectivity index (χ3n) is 8.13. The molecule has 0 heterocycles. The third-order valence-corrected chi connectivity index (χ3v) is 8.57. The number of phenols is 2. The SMILES string of the molecule is CC(C)(C)c1cc(Cl)cc(C=N[C@@H]2CCCC[C@H]2N=Cc2cc(Cl)cc(C(C)(C)C)c2O)c1O.[Mn].[O-]c1ccc(Oc2ccccc2)cc1. The van der Waals surface area contributed by atoms with Gasteiger partial charge < -0.3 is 20.1 Å². The normalized spacial score (nSPS) is 16.6. The maximum absolute atomic E-state index is 10.8. The summed E-state index contributed by atoms with van der Waals surface area (Å²) in [5.74, 6) is 1.87. The van der Waals surface area contributed by atoms with Crippen molar-refractivity contribution in [1.29, 1.82) is 0 Å². The second-order valence-corrected chi connectivity index (χ2v) is 15.0. The molecule has 49 heavy (non-hydrogen) atoms. The molecule has 4 aromatic carbocycles. The number of benzene rings is 4. The molecule has 0 bridgehead atoms. The number of hydrogen-bond acceptors (Lipinski definition) is 6. The zero-order chi connectivity index (χ0) is 35.1. The number of aliphatic imine (C=N–C) groups is 2. The second-order valence-electron chi connectivity index (χ2n) is 14.1. The van der Waals surface area contributed by atoms with Gasteiger partial charge in [0, 0.05) is 61.8 Å². The van der Waals surface area contributed by atoms with Crippen molar-refractivity contribution in [3.8, 4) is 28.7 Å². The van der Waals surface area contributed by atoms with Crippen LogP contribution in [0.4, 0.5) is 0 Å². The molecule has 0 spiro atoms. The Bertz CT molecular complexity index is 1640. The quantitative estimate of drug-likeness (QED) is 0.152. The molecule has 1 saturated carbocycles. The Morgan fingerprint density at radius 3 is 1.49 bits per heavy atom. The van der Waals surface area contributed by atoms with Gasteiger partial charge in [-0.1, -0.05) is 108 Å². The Kier molecular flexibility index (Phi) is 14.2. The number of nitrogens with zero attached hydrogens (tertiary/aromatic N) is 2. The van der Waals surface area contributed by atoms with Crippen LogP contribution in [0.1, 0.15) is 89.5 Å². The van der Waals surface area contributed by atoms with Gasteiger partial charge in [0.25, 0.3) is 0 Å². The molecule has 0 unspecified atom stereocenters. The van der Waals surface area contributed by atoms with Gasteiger partial charge in [0.15, 0.2) is 0 Å². The van der Waals surface area contributed by atoms with Crippen LogP contribution in [0.5, 0.6) is 28.7 Å². The molecule has 2 N–H and O–H groups in total. The molecule has 1 aliphatic carbocycles. The first-order chi connectivity index (χ1) is 22.6. The van der Waals surface area contributed by atoms with Crippen LogP contribution in [-0.4, -0.2) is 34.7 Å². The molecule has 5 rings (SSSR count). The van der Waals surface area contributed by atoms with Crippen LogP contribution < -0.4 is 9.84 Å². The Morgan fingerprint density at radius 2 is 1.08 bits per heavy atom. The molecular formula is C40H45Cl2MnN2O4-. The fraction of sp³-hybridized carbons (Fsp3) is 0.350. The molecule has 9 heteroatoms. The van der Waals surface area contributed by atoms with Crippen molar-refractivity contribution in [1.82, 2.24) is 0 Å². The van der Waals surface area contributed by atoms with E-state index in [-0.39, 0.29) is 57.2 Å². The van der Waals surface area contributed by atoms with E-state index in [1.165, 1.54) is 12.1 Å². The largest absolute Gasteiger partial charge is 0.872 e. The van der Waals surface area contributed by atoms with Crippen molar-refractivity contribution < 1.29 is 37.1 Å². The van der Waals surface area contributed by atoms with Crippen LogP contribution in [0.25, 0.3) is 0 Å². The number of hydrogen-bond donors (Lipinski definition) is 2. The molecule has 0 aromatic heterocycles. The minimum absolute atomic E-state index is 0. The number of phenolic OH excluding ortho intramolecular Hbond substituents is 2. The standard InChI is InChI=1S/C28H36Cl2N2O2.C12H10O2.Mn/c1-27(2,3)21-13-19(29)11-17(25(21)33)15-31-23-9-7-8-10-24(23)32-16-18-12-20(30)14-22(26(18)34)28(4,5)6;13-10-6-8-12(9-7-10)14-11-4-2-1-3-5-11;/h11-16,23-24,33-34H,7-10H2,1-6H3;1-9,13H;/p-1/t23-,24-;;/m1../s1. The molecule has 2 atom stereocenters. The minimum atomic E-state index is -0.236. The molecule has 0 aliphatic heterocycles. The summed E-state index contributed by atoms with van der Waals surface area (Å²) >= 11 is 12.7. The van der Waals surface area contributed by atoms with Crippen molar-refractivity contribution in [3.63, 3.8) is 0 Å². The Labute approximate surface area is 311 Å². The summed E-state index contributed by atoms with van der Waals surface area (Å²) in [6.07, 6.45) is 7.45. The van der Waals surface area contributed by atoms with Crippen molar-refractivity contribution in [3.05, 3.63) is 111 Å². The van der Waals surface area contributed by atoms with E-state index in [4.69, 9.17) is 37.9 Å². The molecule has 0 amide bonds. The Hall–Kier alpha value is -3.48. The summed E-state index contributed by atoms with van der Waals surface area (Å²) in [5, 5.41) is 33.6. The zero-order valence-electron chi connectivity index (χ0n) is 28.9. The van der Waals surface area contributed by atoms with Gasteiger partial charge >= 0.3 is 0 Å². The van der Waals surface area contributed by atoms with E-state index in [0.29, 0.717) is 26.9 Å². The van der Waals surface area contributed by atoms with E-state index < -0.39 is 0 Å². The van der Waals surface area contributed by atoms with E-state index in [1.54, 1.807) is 36.7 Å². The molecule has 1 aliphatic rings. The molecule has 261 valence electrons. The fourth-order valence-electron chi connectivity index (χ4n) is 5.50. The molecule has 0 saturated heterocycles. The smallest absolute Gasteiger partial charge is 0.128 e. The van der Waals surface area contributed by atoms with E-state index in [9.17, 15) is 15.3 Å². The first-order valence-electron chi connectivity index (χ1n) is 16.2. The average Bonchev–Trinajstić information content (AvgIpc) is 3.03. The number of aromatic hydroxyl groups is 2. The first-order valence-corrected chi connectivity index (χ1v) is 17.0. The fourth-order valence-corrected chi connectivity index (χ4v) is 5.96. The van der Waals surface area contributed by atoms with Gasteiger partial charge in [0.05, 0.1) is 12.1 Å². The van der Waals surface area contributed by atoms with Crippen LogP contribution in [0.15, 0.2) is 88.8 Å². The first kappa shape index (κ1) is 40.0. The van der Waals surface area contributed by atoms with Crippen LogP contribution in [0, 0.1) is 0 Å². The summed E-state index contributed by atoms with van der Waals surface area (Å²) < 4.78 is 5.49. The number of halogens is 2. The van der Waals surface area contributed by atoms with Gasteiger partial charge in [-0.25, -0.2) is 0 Å². The Balaban J connectivity index is 0.000000361. The van der Waals surface area contributed by atoms with E-state index in [1.807, 2.05) is 84.0 Å². The maximum Gasteiger partial charge on any atom is 0.128 e. The monoisotopic (exact) mass is 742 g/mol. The molecule has 1 fully saturated rings. The molecule has 6 nitrogen and oxygen atoms in total. The third kappa shape index (κ3) is 11.5. The summed E-state index contributed by atoms with van der Waals surface area (Å²) in [5.41, 5.74) is 2.36. The predicted molar refractivity (Wildman–Crippen MR) is 197 cm³/mol. The van der Waals surface area contributed by atoms with Gasteiger partial charge in [-0.05, 0) is 72.2 Å². The Morgan fingerprint density at radius 1 is 0.673 bits per heavy atom. The van der Waals surface area contributed by atoms with Crippen LogP contribution in [0.3, 0.4) is 0 Å². The van der Waals surface area contributed by atoms with Gasteiger partial charge in [-0.3, -0.25) is 9.98 Å².